The molecule has 1 aromatic carbocycles. The van der Waals surface area contributed by atoms with E-state index < -0.39 is 0 Å². The fourth-order valence-electron chi connectivity index (χ4n) is 1.05. The van der Waals surface area contributed by atoms with Gasteiger partial charge >= 0.3 is 0 Å². The Morgan fingerprint density at radius 1 is 1.54 bits per heavy atom. The first kappa shape index (κ1) is 10.1. The second-order valence-electron chi connectivity index (χ2n) is 2.99. The minimum atomic E-state index is 0.0617. The van der Waals surface area contributed by atoms with Crippen LogP contribution in [-0.4, -0.2) is 16.6 Å². The summed E-state index contributed by atoms with van der Waals surface area (Å²) in [6.45, 7) is 1.82. The van der Waals surface area contributed by atoms with Gasteiger partial charge in [-0.25, -0.2) is 0 Å². The van der Waals surface area contributed by atoms with Gasteiger partial charge in [0.25, 0.3) is 0 Å². The molecule has 1 N–H and O–H groups in total. The molecule has 13 heavy (non-hydrogen) atoms. The topological polar surface area (TPSA) is 37.3 Å². The van der Waals surface area contributed by atoms with Gasteiger partial charge in [0, 0.05) is 12.2 Å². The number of ketones is 1. The number of phenolic OH excluding ortho intramolecular Hbond substituents is 1. The van der Waals surface area contributed by atoms with E-state index >= 15 is 0 Å². The molecule has 0 saturated carbocycles. The lowest BCUT2D eigenvalue weighted by Crippen LogP contribution is -2.03. The van der Waals surface area contributed by atoms with Crippen LogP contribution in [0.25, 0.3) is 0 Å². The Labute approximate surface area is 83.0 Å². The minimum absolute atomic E-state index is 0.0617. The number of hydrogen-bond donors (Lipinski definition) is 2. The highest BCUT2D eigenvalue weighted by molar-refractivity contribution is 7.81. The number of benzene rings is 1. The maximum Gasteiger partial charge on any atom is 0.146 e. The number of rotatable bonds is 3. The number of aryl methyl sites for hydroxylation is 1. The molecule has 0 unspecified atom stereocenters. The number of aromatic hydroxyl groups is 1. The second kappa shape index (κ2) is 4.33. The zero-order valence-corrected chi connectivity index (χ0v) is 8.34. The van der Waals surface area contributed by atoms with Gasteiger partial charge in [-0.2, -0.15) is 12.6 Å². The lowest BCUT2D eigenvalue weighted by Gasteiger charge is -2.02. The largest absolute Gasteiger partial charge is 0.508 e. The van der Waals surface area contributed by atoms with Crippen LogP contribution in [0.5, 0.6) is 5.75 Å². The average molecular weight is 196 g/mol. The minimum Gasteiger partial charge on any atom is -0.508 e. The lowest BCUT2D eigenvalue weighted by atomic mass is 10.1. The molecule has 0 fully saturated rings. The van der Waals surface area contributed by atoms with Crippen molar-refractivity contribution in [2.75, 3.05) is 5.75 Å². The molecule has 70 valence electrons. The van der Waals surface area contributed by atoms with E-state index in [1.165, 1.54) is 0 Å². The highest BCUT2D eigenvalue weighted by Crippen LogP contribution is 2.17. The summed E-state index contributed by atoms with van der Waals surface area (Å²) in [4.78, 5) is 11.0. The standard InChI is InChI=1S/C10H12O2S/c1-7-2-3-8(5-10(7)12)4-9(11)6-13/h2-3,5,12-13H,4,6H2,1H3. The maximum absolute atomic E-state index is 11.0. The lowest BCUT2D eigenvalue weighted by molar-refractivity contribution is -0.115. The van der Waals surface area contributed by atoms with Crippen LogP contribution in [0.4, 0.5) is 0 Å². The summed E-state index contributed by atoms with van der Waals surface area (Å²) >= 11 is 3.88. The fraction of sp³-hybridized carbons (Fsp3) is 0.300. The monoisotopic (exact) mass is 196 g/mol. The van der Waals surface area contributed by atoms with Gasteiger partial charge in [-0.05, 0) is 24.1 Å². The molecule has 0 amide bonds. The number of carbonyl (C=O) groups excluding carboxylic acids is 1. The quantitative estimate of drug-likeness (QED) is 0.723. The predicted molar refractivity (Wildman–Crippen MR) is 55.4 cm³/mol. The van der Waals surface area contributed by atoms with Gasteiger partial charge in [0.05, 0.1) is 0 Å². The third kappa shape index (κ3) is 2.77. The molecule has 1 rings (SSSR count). The van der Waals surface area contributed by atoms with Crippen molar-refractivity contribution in [2.45, 2.75) is 13.3 Å². The van der Waals surface area contributed by atoms with Crippen molar-refractivity contribution in [1.29, 1.82) is 0 Å². The molecule has 2 nitrogen and oxygen atoms in total. The van der Waals surface area contributed by atoms with E-state index in [9.17, 15) is 9.90 Å². The summed E-state index contributed by atoms with van der Waals surface area (Å²) < 4.78 is 0. The summed E-state index contributed by atoms with van der Waals surface area (Å²) in [6.07, 6.45) is 0.345. The molecule has 1 aromatic rings. The molecule has 0 spiro atoms. The van der Waals surface area contributed by atoms with E-state index in [1.54, 1.807) is 12.1 Å². The van der Waals surface area contributed by atoms with Crippen molar-refractivity contribution in [1.82, 2.24) is 0 Å². The van der Waals surface area contributed by atoms with Crippen LogP contribution in [0.3, 0.4) is 0 Å². The Morgan fingerprint density at radius 3 is 2.77 bits per heavy atom. The number of Topliss-reactive ketones (excluding diaryl/α,β-unsaturated/α-hetero) is 1. The van der Waals surface area contributed by atoms with Crippen LogP contribution in [0.1, 0.15) is 11.1 Å². The molecule has 0 heterocycles. The normalized spacial score (nSPS) is 10.0. The van der Waals surface area contributed by atoms with Crippen LogP contribution in [-0.2, 0) is 11.2 Å². The Kier molecular flexibility index (Phi) is 3.37. The highest BCUT2D eigenvalue weighted by Gasteiger charge is 2.03. The van der Waals surface area contributed by atoms with Crippen LogP contribution in [0, 0.1) is 6.92 Å². The van der Waals surface area contributed by atoms with Crippen molar-refractivity contribution in [2.24, 2.45) is 0 Å². The number of phenols is 1. The van der Waals surface area contributed by atoms with Gasteiger partial charge in [0.1, 0.15) is 11.5 Å². The first-order valence-corrected chi connectivity index (χ1v) is 4.68. The molecular formula is C10H12O2S. The summed E-state index contributed by atoms with van der Waals surface area (Å²) in [5, 5.41) is 9.36. The first-order chi connectivity index (χ1) is 6.13. The smallest absolute Gasteiger partial charge is 0.146 e. The van der Waals surface area contributed by atoms with E-state index in [0.29, 0.717) is 6.42 Å². The fourth-order valence-corrected chi connectivity index (χ4v) is 1.16. The van der Waals surface area contributed by atoms with Gasteiger partial charge in [-0.15, -0.1) is 0 Å². The highest BCUT2D eigenvalue weighted by atomic mass is 32.1. The van der Waals surface area contributed by atoms with Crippen LogP contribution in [0.2, 0.25) is 0 Å². The molecule has 0 saturated heterocycles. The average Bonchev–Trinajstić information content (AvgIpc) is 2.11. The van der Waals surface area contributed by atoms with Crippen molar-refractivity contribution < 1.29 is 9.90 Å². The number of thiol groups is 1. The van der Waals surface area contributed by atoms with E-state index in [0.717, 1.165) is 11.1 Å². The second-order valence-corrected chi connectivity index (χ2v) is 3.31. The Bertz CT molecular complexity index is 321. The van der Waals surface area contributed by atoms with Crippen LogP contribution in [0.15, 0.2) is 18.2 Å². The molecule has 0 aromatic heterocycles. The van der Waals surface area contributed by atoms with Gasteiger partial charge in [0.15, 0.2) is 0 Å². The molecular weight excluding hydrogens is 184 g/mol. The first-order valence-electron chi connectivity index (χ1n) is 4.04. The van der Waals surface area contributed by atoms with E-state index in [-0.39, 0.29) is 17.3 Å². The van der Waals surface area contributed by atoms with Gasteiger partial charge < -0.3 is 5.11 Å². The van der Waals surface area contributed by atoms with Crippen molar-refractivity contribution in [3.05, 3.63) is 29.3 Å². The van der Waals surface area contributed by atoms with E-state index in [4.69, 9.17) is 0 Å². The van der Waals surface area contributed by atoms with Crippen molar-refractivity contribution >= 4 is 18.4 Å². The summed E-state index contributed by atoms with van der Waals surface area (Å²) in [6, 6.07) is 5.27. The molecule has 0 radical (unpaired) electrons. The van der Waals surface area contributed by atoms with Crippen molar-refractivity contribution in [3.63, 3.8) is 0 Å². The molecule has 0 aliphatic carbocycles. The zero-order chi connectivity index (χ0) is 9.84. The summed E-state index contributed by atoms with van der Waals surface area (Å²) in [7, 11) is 0. The Morgan fingerprint density at radius 2 is 2.23 bits per heavy atom. The SMILES string of the molecule is Cc1ccc(CC(=O)CS)cc1O. The van der Waals surface area contributed by atoms with Gasteiger partial charge in [0.2, 0.25) is 0 Å². The zero-order valence-electron chi connectivity index (χ0n) is 7.45. The van der Waals surface area contributed by atoms with Gasteiger partial charge in [-0.1, -0.05) is 12.1 Å². The van der Waals surface area contributed by atoms with Gasteiger partial charge in [-0.3, -0.25) is 4.79 Å². The summed E-state index contributed by atoms with van der Waals surface area (Å²) in [5.74, 6) is 0.547. The van der Waals surface area contributed by atoms with Crippen molar-refractivity contribution in [3.8, 4) is 5.75 Å². The summed E-state index contributed by atoms with van der Waals surface area (Å²) in [5.41, 5.74) is 1.66. The predicted octanol–water partition coefficient (Wildman–Crippen LogP) is 1.74. The molecule has 0 atom stereocenters. The molecule has 0 bridgehead atoms. The maximum atomic E-state index is 11.0. The van der Waals surface area contributed by atoms with E-state index in [1.807, 2.05) is 13.0 Å². The Hall–Kier alpha value is -0.960. The van der Waals surface area contributed by atoms with Crippen LogP contribution < -0.4 is 0 Å². The Balaban J connectivity index is 2.79. The molecule has 0 aliphatic heterocycles. The van der Waals surface area contributed by atoms with E-state index in [2.05, 4.69) is 12.6 Å². The van der Waals surface area contributed by atoms with Crippen LogP contribution >= 0.6 is 12.6 Å². The molecule has 0 aliphatic rings. The molecule has 3 heteroatoms. The number of carbonyl (C=O) groups is 1. The third-order valence-corrected chi connectivity index (χ3v) is 2.20. The number of hydrogen-bond acceptors (Lipinski definition) is 3. The third-order valence-electron chi connectivity index (χ3n) is 1.85.